The standard InChI is InChI=1S/C27H35BrN4O4S2/c1-15-13-18-22(24-30-19-14-17(28)7-8-20(19)37-24)25(31-21(33)9-10-29-11-12-35-6)38-23(18)16(2)32(15)26(34)36-27(3,4)5/h7-8,14-16,29H,9-13H2,1-6H3,(H,31,33). The second-order valence-electron chi connectivity index (χ2n) is 10.4. The number of halogens is 1. The Morgan fingerprint density at radius 3 is 2.68 bits per heavy atom. The molecule has 0 saturated carbocycles. The largest absolute Gasteiger partial charge is 0.444 e. The Labute approximate surface area is 240 Å². The van der Waals surface area contributed by atoms with Crippen LogP contribution in [0.2, 0.25) is 0 Å². The Morgan fingerprint density at radius 1 is 1.21 bits per heavy atom. The molecular formula is C27H35BrN4O4S2. The van der Waals surface area contributed by atoms with Crippen LogP contribution in [0.3, 0.4) is 0 Å². The molecule has 0 spiro atoms. The topological polar surface area (TPSA) is 92.8 Å². The molecule has 0 bridgehead atoms. The number of aromatic nitrogens is 1. The van der Waals surface area contributed by atoms with Gasteiger partial charge in [0.05, 0.1) is 22.9 Å². The number of fused-ring (bicyclic) bond motifs is 2. The van der Waals surface area contributed by atoms with Gasteiger partial charge in [-0.2, -0.15) is 0 Å². The van der Waals surface area contributed by atoms with Crippen molar-refractivity contribution in [3.8, 4) is 10.6 Å². The summed E-state index contributed by atoms with van der Waals surface area (Å²) >= 11 is 6.68. The highest BCUT2D eigenvalue weighted by atomic mass is 79.9. The zero-order chi connectivity index (χ0) is 27.6. The van der Waals surface area contributed by atoms with Crippen molar-refractivity contribution in [2.75, 3.05) is 32.1 Å². The quantitative estimate of drug-likeness (QED) is 0.275. The fourth-order valence-electron chi connectivity index (χ4n) is 4.59. The molecule has 4 rings (SSSR count). The zero-order valence-corrected chi connectivity index (χ0v) is 25.9. The third-order valence-corrected chi connectivity index (χ3v) is 9.11. The Balaban J connectivity index is 1.69. The monoisotopic (exact) mass is 622 g/mol. The molecule has 206 valence electrons. The summed E-state index contributed by atoms with van der Waals surface area (Å²) in [5, 5.41) is 8.02. The van der Waals surface area contributed by atoms with Crippen LogP contribution in [0.15, 0.2) is 22.7 Å². The summed E-state index contributed by atoms with van der Waals surface area (Å²) in [5.74, 6) is -0.0664. The summed E-state index contributed by atoms with van der Waals surface area (Å²) in [6, 6.07) is 5.80. The minimum Gasteiger partial charge on any atom is -0.444 e. The maximum Gasteiger partial charge on any atom is 0.411 e. The summed E-state index contributed by atoms with van der Waals surface area (Å²) < 4.78 is 12.8. The van der Waals surface area contributed by atoms with E-state index in [2.05, 4.69) is 32.6 Å². The van der Waals surface area contributed by atoms with E-state index in [1.807, 2.05) is 51.7 Å². The summed E-state index contributed by atoms with van der Waals surface area (Å²) in [6.07, 6.45) is 0.670. The number of thiophene rings is 1. The highest BCUT2D eigenvalue weighted by molar-refractivity contribution is 9.10. The van der Waals surface area contributed by atoms with Crippen molar-refractivity contribution in [3.05, 3.63) is 33.1 Å². The van der Waals surface area contributed by atoms with Gasteiger partial charge in [0.1, 0.15) is 15.6 Å². The van der Waals surface area contributed by atoms with Gasteiger partial charge in [-0.1, -0.05) is 15.9 Å². The Hall–Kier alpha value is -2.05. The van der Waals surface area contributed by atoms with Crippen LogP contribution < -0.4 is 10.6 Å². The number of rotatable bonds is 8. The zero-order valence-electron chi connectivity index (χ0n) is 22.6. The molecule has 0 fully saturated rings. The van der Waals surface area contributed by atoms with Gasteiger partial charge in [-0.3, -0.25) is 9.69 Å². The number of thiazole rings is 1. The highest BCUT2D eigenvalue weighted by Crippen LogP contribution is 2.50. The number of carbonyl (C=O) groups is 2. The number of hydrogen-bond acceptors (Lipinski definition) is 8. The Morgan fingerprint density at radius 2 is 1.97 bits per heavy atom. The molecule has 0 aliphatic carbocycles. The predicted molar refractivity (Wildman–Crippen MR) is 158 cm³/mol. The van der Waals surface area contributed by atoms with E-state index in [-0.39, 0.29) is 24.1 Å². The molecule has 1 aliphatic heterocycles. The first-order valence-electron chi connectivity index (χ1n) is 12.7. The number of anilines is 1. The van der Waals surface area contributed by atoms with Gasteiger partial charge < -0.3 is 20.1 Å². The van der Waals surface area contributed by atoms with Crippen molar-refractivity contribution in [1.82, 2.24) is 15.2 Å². The van der Waals surface area contributed by atoms with Crippen molar-refractivity contribution >= 4 is 65.8 Å². The van der Waals surface area contributed by atoms with Crippen LogP contribution in [0.25, 0.3) is 20.8 Å². The molecule has 3 aromatic rings. The number of hydrogen-bond donors (Lipinski definition) is 2. The number of ether oxygens (including phenoxy) is 2. The first kappa shape index (κ1) is 28.9. The predicted octanol–water partition coefficient (Wildman–Crippen LogP) is 6.59. The van der Waals surface area contributed by atoms with E-state index in [1.165, 1.54) is 11.3 Å². The fourth-order valence-corrected chi connectivity index (χ4v) is 7.33. The second kappa shape index (κ2) is 12.0. The van der Waals surface area contributed by atoms with Crippen molar-refractivity contribution in [3.63, 3.8) is 0 Å². The van der Waals surface area contributed by atoms with Gasteiger partial charge in [0, 0.05) is 47.6 Å². The third-order valence-electron chi connectivity index (χ3n) is 6.24. The SMILES string of the molecule is COCCNCCC(=O)Nc1sc2c(c1-c1nc3cc(Br)ccc3s1)CC(C)N(C(=O)OC(C)(C)C)C2C. The van der Waals surface area contributed by atoms with Crippen molar-refractivity contribution in [1.29, 1.82) is 0 Å². The lowest BCUT2D eigenvalue weighted by molar-refractivity contribution is -0.116. The van der Waals surface area contributed by atoms with Gasteiger partial charge in [-0.15, -0.1) is 22.7 Å². The molecule has 2 aromatic heterocycles. The van der Waals surface area contributed by atoms with Crippen LogP contribution in [0.4, 0.5) is 9.80 Å². The number of carbonyl (C=O) groups excluding carboxylic acids is 2. The first-order valence-corrected chi connectivity index (χ1v) is 15.1. The van der Waals surface area contributed by atoms with Crippen LogP contribution in [0.1, 0.15) is 57.5 Å². The molecule has 1 aromatic carbocycles. The van der Waals surface area contributed by atoms with E-state index in [4.69, 9.17) is 14.5 Å². The van der Waals surface area contributed by atoms with E-state index in [0.717, 1.165) is 40.7 Å². The van der Waals surface area contributed by atoms with E-state index in [9.17, 15) is 9.59 Å². The van der Waals surface area contributed by atoms with Crippen LogP contribution >= 0.6 is 38.6 Å². The summed E-state index contributed by atoms with van der Waals surface area (Å²) in [6.45, 7) is 11.6. The fraction of sp³-hybridized carbons (Fsp3) is 0.519. The van der Waals surface area contributed by atoms with E-state index in [0.29, 0.717) is 32.5 Å². The van der Waals surface area contributed by atoms with Gasteiger partial charge >= 0.3 is 6.09 Å². The molecule has 8 nitrogen and oxygen atoms in total. The smallest absolute Gasteiger partial charge is 0.411 e. The molecule has 2 amide bonds. The van der Waals surface area contributed by atoms with E-state index >= 15 is 0 Å². The number of nitrogens with zero attached hydrogens (tertiary/aromatic N) is 2. The van der Waals surface area contributed by atoms with Gasteiger partial charge in [-0.25, -0.2) is 9.78 Å². The molecule has 1 aliphatic rings. The lowest BCUT2D eigenvalue weighted by atomic mass is 9.93. The lowest BCUT2D eigenvalue weighted by Crippen LogP contribution is -2.46. The van der Waals surface area contributed by atoms with E-state index in [1.54, 1.807) is 18.4 Å². The Kier molecular flexibility index (Phi) is 9.14. The first-order chi connectivity index (χ1) is 18.0. The van der Waals surface area contributed by atoms with Gasteiger partial charge in [0.25, 0.3) is 0 Å². The third kappa shape index (κ3) is 6.56. The molecule has 3 heterocycles. The molecule has 11 heteroatoms. The molecule has 0 saturated heterocycles. The van der Waals surface area contributed by atoms with Crippen LogP contribution in [-0.4, -0.2) is 60.3 Å². The van der Waals surface area contributed by atoms with Crippen LogP contribution in [-0.2, 0) is 20.7 Å². The number of methoxy groups -OCH3 is 1. The van der Waals surface area contributed by atoms with Crippen molar-refractivity contribution < 1.29 is 19.1 Å². The van der Waals surface area contributed by atoms with Gasteiger partial charge in [0.15, 0.2) is 0 Å². The number of benzene rings is 1. The summed E-state index contributed by atoms with van der Waals surface area (Å²) in [4.78, 5) is 33.9. The summed E-state index contributed by atoms with van der Waals surface area (Å²) in [7, 11) is 1.65. The molecule has 2 unspecified atom stereocenters. The average molecular weight is 624 g/mol. The van der Waals surface area contributed by atoms with Crippen molar-refractivity contribution in [2.45, 2.75) is 65.1 Å². The van der Waals surface area contributed by atoms with Crippen LogP contribution in [0.5, 0.6) is 0 Å². The highest BCUT2D eigenvalue weighted by Gasteiger charge is 2.39. The average Bonchev–Trinajstić information content (AvgIpc) is 3.38. The maximum atomic E-state index is 13.1. The molecular weight excluding hydrogens is 588 g/mol. The van der Waals surface area contributed by atoms with Gasteiger partial charge in [-0.05, 0) is 64.8 Å². The Bertz CT molecular complexity index is 1320. The van der Waals surface area contributed by atoms with Crippen LogP contribution in [0, 0.1) is 0 Å². The number of nitrogens with one attached hydrogen (secondary N) is 2. The minimum atomic E-state index is -0.580. The minimum absolute atomic E-state index is 0.0664. The molecule has 2 N–H and O–H groups in total. The lowest BCUT2D eigenvalue weighted by Gasteiger charge is -2.39. The maximum absolute atomic E-state index is 13.1. The van der Waals surface area contributed by atoms with Crippen molar-refractivity contribution in [2.24, 2.45) is 0 Å². The summed E-state index contributed by atoms with van der Waals surface area (Å²) in [5.41, 5.74) is 2.43. The molecule has 0 radical (unpaired) electrons. The number of amides is 2. The molecule has 38 heavy (non-hydrogen) atoms. The van der Waals surface area contributed by atoms with Gasteiger partial charge in [0.2, 0.25) is 5.91 Å². The van der Waals surface area contributed by atoms with E-state index < -0.39 is 5.60 Å². The molecule has 2 atom stereocenters. The second-order valence-corrected chi connectivity index (χ2v) is 13.4. The normalized spacial score (nSPS) is 17.5.